The van der Waals surface area contributed by atoms with Crippen molar-refractivity contribution in [2.75, 3.05) is 11.9 Å². The first kappa shape index (κ1) is 13.4. The molecule has 98 valence electrons. The van der Waals surface area contributed by atoms with Gasteiger partial charge >= 0.3 is 6.03 Å². The molecule has 0 radical (unpaired) electrons. The fourth-order valence-electron chi connectivity index (χ4n) is 1.69. The molecule has 0 aliphatic heterocycles. The van der Waals surface area contributed by atoms with Crippen molar-refractivity contribution in [3.63, 3.8) is 0 Å². The van der Waals surface area contributed by atoms with Crippen LogP contribution >= 0.6 is 11.6 Å². The molecule has 0 saturated heterocycles. The molecule has 2 rings (SSSR count). The summed E-state index contributed by atoms with van der Waals surface area (Å²) in [5, 5.41) is 6.04. The Balaban J connectivity index is 1.78. The van der Waals surface area contributed by atoms with E-state index in [1.807, 2.05) is 42.5 Å². The summed E-state index contributed by atoms with van der Waals surface area (Å²) >= 11 is 5.96. The fourth-order valence-corrected chi connectivity index (χ4v) is 1.88. The van der Waals surface area contributed by atoms with Gasteiger partial charge in [0.2, 0.25) is 0 Å². The van der Waals surface area contributed by atoms with Gasteiger partial charge in [-0.15, -0.1) is 0 Å². The van der Waals surface area contributed by atoms with Crippen LogP contribution in [0.3, 0.4) is 0 Å². The molecule has 0 heterocycles. The first-order valence-corrected chi connectivity index (χ1v) is 6.47. The number of hydrogen-bond donors (Lipinski definition) is 2. The highest BCUT2D eigenvalue weighted by Crippen LogP contribution is 2.19. The number of carbonyl (C=O) groups is 1. The van der Waals surface area contributed by atoms with E-state index >= 15 is 0 Å². The standard InChI is InChI=1S/C15H15ClN2O/c16-13-8-4-5-9-14(13)18-15(19)17-11-10-12-6-2-1-3-7-12/h1-9H,10-11H2,(H2,17,18,19). The number of urea groups is 1. The molecule has 0 atom stereocenters. The zero-order valence-corrected chi connectivity index (χ0v) is 11.2. The van der Waals surface area contributed by atoms with Crippen LogP contribution in [0.4, 0.5) is 10.5 Å². The zero-order chi connectivity index (χ0) is 13.5. The van der Waals surface area contributed by atoms with Crippen LogP contribution in [0.15, 0.2) is 54.6 Å². The number of carbonyl (C=O) groups excluding carboxylic acids is 1. The van der Waals surface area contributed by atoms with Gasteiger partial charge in [-0.25, -0.2) is 4.79 Å². The Bertz CT molecular complexity index is 543. The minimum atomic E-state index is -0.246. The summed E-state index contributed by atoms with van der Waals surface area (Å²) in [5.74, 6) is 0. The van der Waals surface area contributed by atoms with E-state index in [1.165, 1.54) is 5.56 Å². The second-order valence-corrected chi connectivity index (χ2v) is 4.50. The predicted molar refractivity (Wildman–Crippen MR) is 78.6 cm³/mol. The Hall–Kier alpha value is -2.00. The van der Waals surface area contributed by atoms with Gasteiger partial charge < -0.3 is 10.6 Å². The van der Waals surface area contributed by atoms with Gasteiger partial charge in [0, 0.05) is 6.54 Å². The summed E-state index contributed by atoms with van der Waals surface area (Å²) in [6.07, 6.45) is 0.802. The van der Waals surface area contributed by atoms with Crippen LogP contribution in [0.5, 0.6) is 0 Å². The third-order valence-electron chi connectivity index (χ3n) is 2.66. The maximum Gasteiger partial charge on any atom is 0.319 e. The topological polar surface area (TPSA) is 41.1 Å². The lowest BCUT2D eigenvalue weighted by molar-refractivity contribution is 0.252. The largest absolute Gasteiger partial charge is 0.338 e. The molecule has 0 saturated carbocycles. The van der Waals surface area contributed by atoms with E-state index in [2.05, 4.69) is 10.6 Å². The lowest BCUT2D eigenvalue weighted by atomic mass is 10.1. The lowest BCUT2D eigenvalue weighted by Gasteiger charge is -2.08. The third kappa shape index (κ3) is 4.30. The zero-order valence-electron chi connectivity index (χ0n) is 10.4. The Labute approximate surface area is 117 Å². The fraction of sp³-hybridized carbons (Fsp3) is 0.133. The van der Waals surface area contributed by atoms with E-state index in [-0.39, 0.29) is 6.03 Å². The molecule has 0 spiro atoms. The van der Waals surface area contributed by atoms with Crippen molar-refractivity contribution in [3.05, 3.63) is 65.2 Å². The van der Waals surface area contributed by atoms with E-state index in [1.54, 1.807) is 12.1 Å². The average Bonchev–Trinajstić information content (AvgIpc) is 2.43. The molecule has 2 N–H and O–H groups in total. The van der Waals surface area contributed by atoms with E-state index in [9.17, 15) is 4.79 Å². The van der Waals surface area contributed by atoms with Crippen LogP contribution in [0.1, 0.15) is 5.56 Å². The van der Waals surface area contributed by atoms with Crippen molar-refractivity contribution in [1.82, 2.24) is 5.32 Å². The Morgan fingerprint density at radius 1 is 1.00 bits per heavy atom. The second kappa shape index (κ2) is 6.81. The number of rotatable bonds is 4. The van der Waals surface area contributed by atoms with Gasteiger partial charge in [0.1, 0.15) is 0 Å². The summed E-state index contributed by atoms with van der Waals surface area (Å²) in [6, 6.07) is 16.9. The van der Waals surface area contributed by atoms with E-state index in [4.69, 9.17) is 11.6 Å². The van der Waals surface area contributed by atoms with Crippen molar-refractivity contribution >= 4 is 23.3 Å². The highest BCUT2D eigenvalue weighted by Gasteiger charge is 2.03. The molecular formula is C15H15ClN2O. The monoisotopic (exact) mass is 274 g/mol. The summed E-state index contributed by atoms with van der Waals surface area (Å²) in [7, 11) is 0. The molecule has 0 bridgehead atoms. The minimum Gasteiger partial charge on any atom is -0.338 e. The van der Waals surface area contributed by atoms with Gasteiger partial charge in [-0.3, -0.25) is 0 Å². The number of anilines is 1. The number of para-hydroxylation sites is 1. The quantitative estimate of drug-likeness (QED) is 0.877. The smallest absolute Gasteiger partial charge is 0.319 e. The molecule has 0 aliphatic carbocycles. The lowest BCUT2D eigenvalue weighted by Crippen LogP contribution is -2.30. The first-order valence-electron chi connectivity index (χ1n) is 6.09. The van der Waals surface area contributed by atoms with Crippen molar-refractivity contribution in [3.8, 4) is 0 Å². The normalized spacial score (nSPS) is 9.95. The number of hydrogen-bond acceptors (Lipinski definition) is 1. The summed E-state index contributed by atoms with van der Waals surface area (Å²) in [6.45, 7) is 0.584. The van der Waals surface area contributed by atoms with Crippen LogP contribution < -0.4 is 10.6 Å². The minimum absolute atomic E-state index is 0.246. The Morgan fingerprint density at radius 3 is 2.42 bits per heavy atom. The maximum atomic E-state index is 11.7. The molecule has 0 unspecified atom stereocenters. The molecule has 0 fully saturated rings. The van der Waals surface area contributed by atoms with Gasteiger partial charge in [0.05, 0.1) is 10.7 Å². The van der Waals surface area contributed by atoms with E-state index < -0.39 is 0 Å². The van der Waals surface area contributed by atoms with Crippen LogP contribution in [-0.2, 0) is 6.42 Å². The van der Waals surface area contributed by atoms with Crippen molar-refractivity contribution in [2.45, 2.75) is 6.42 Å². The molecular weight excluding hydrogens is 260 g/mol. The molecule has 2 aromatic rings. The summed E-state index contributed by atoms with van der Waals surface area (Å²) in [4.78, 5) is 11.7. The molecule has 2 amide bonds. The van der Waals surface area contributed by atoms with E-state index in [0.717, 1.165) is 6.42 Å². The van der Waals surface area contributed by atoms with Crippen LogP contribution in [-0.4, -0.2) is 12.6 Å². The summed E-state index contributed by atoms with van der Waals surface area (Å²) < 4.78 is 0. The van der Waals surface area contributed by atoms with Crippen LogP contribution in [0, 0.1) is 0 Å². The van der Waals surface area contributed by atoms with Gasteiger partial charge in [0.25, 0.3) is 0 Å². The number of amides is 2. The Morgan fingerprint density at radius 2 is 1.68 bits per heavy atom. The van der Waals surface area contributed by atoms with E-state index in [0.29, 0.717) is 17.3 Å². The number of nitrogens with one attached hydrogen (secondary N) is 2. The Kier molecular flexibility index (Phi) is 4.81. The van der Waals surface area contributed by atoms with Gasteiger partial charge in [-0.2, -0.15) is 0 Å². The SMILES string of the molecule is O=C(NCCc1ccccc1)Nc1ccccc1Cl. The summed E-state index contributed by atoms with van der Waals surface area (Å²) in [5.41, 5.74) is 1.81. The van der Waals surface area contributed by atoms with Gasteiger partial charge in [-0.1, -0.05) is 54.1 Å². The number of benzene rings is 2. The number of halogens is 1. The first-order chi connectivity index (χ1) is 9.25. The molecule has 19 heavy (non-hydrogen) atoms. The average molecular weight is 275 g/mol. The molecule has 3 nitrogen and oxygen atoms in total. The maximum absolute atomic E-state index is 11.7. The predicted octanol–water partition coefficient (Wildman–Crippen LogP) is 3.70. The third-order valence-corrected chi connectivity index (χ3v) is 2.99. The highest BCUT2D eigenvalue weighted by atomic mass is 35.5. The molecule has 0 aromatic heterocycles. The van der Waals surface area contributed by atoms with Crippen molar-refractivity contribution in [1.29, 1.82) is 0 Å². The molecule has 2 aromatic carbocycles. The highest BCUT2D eigenvalue weighted by molar-refractivity contribution is 6.33. The van der Waals surface area contributed by atoms with Crippen molar-refractivity contribution < 1.29 is 4.79 Å². The second-order valence-electron chi connectivity index (χ2n) is 4.10. The molecule has 0 aliphatic rings. The van der Waals surface area contributed by atoms with Crippen LogP contribution in [0.2, 0.25) is 5.02 Å². The van der Waals surface area contributed by atoms with Gasteiger partial charge in [-0.05, 0) is 24.1 Å². The molecule has 4 heteroatoms. The van der Waals surface area contributed by atoms with Gasteiger partial charge in [0.15, 0.2) is 0 Å². The van der Waals surface area contributed by atoms with Crippen molar-refractivity contribution in [2.24, 2.45) is 0 Å². The van der Waals surface area contributed by atoms with Crippen LogP contribution in [0.25, 0.3) is 0 Å².